The molecule has 0 atom stereocenters. The molecule has 0 saturated carbocycles. The predicted octanol–water partition coefficient (Wildman–Crippen LogP) is 5.66. The maximum Gasteiger partial charge on any atom is 0.315 e. The first-order valence-corrected chi connectivity index (χ1v) is 15.1. The lowest BCUT2D eigenvalue weighted by atomic mass is 9.99. The second-order valence-electron chi connectivity index (χ2n) is 10.5. The smallest absolute Gasteiger partial charge is 0.315 e. The van der Waals surface area contributed by atoms with E-state index in [0.29, 0.717) is 50.8 Å². The Morgan fingerprint density at radius 3 is 2.67 bits per heavy atom. The fourth-order valence-corrected chi connectivity index (χ4v) is 5.23. The lowest BCUT2D eigenvalue weighted by molar-refractivity contribution is -0.119. The molecule has 0 saturated heterocycles. The van der Waals surface area contributed by atoms with Crippen LogP contribution in [0, 0.1) is 5.82 Å². The molecule has 4 amide bonds. The van der Waals surface area contributed by atoms with E-state index in [1.165, 1.54) is 19.5 Å². The summed E-state index contributed by atoms with van der Waals surface area (Å²) in [6, 6.07) is 19.7. The van der Waals surface area contributed by atoms with Crippen molar-refractivity contribution in [1.82, 2.24) is 25.9 Å². The Labute approximate surface area is 278 Å². The third kappa shape index (κ3) is 7.21. The number of hydrogen-bond donors (Lipinski definition) is 4. The van der Waals surface area contributed by atoms with Gasteiger partial charge in [0.15, 0.2) is 17.3 Å². The first kappa shape index (κ1) is 32.0. The van der Waals surface area contributed by atoms with E-state index in [1.54, 1.807) is 60.7 Å². The highest BCUT2D eigenvalue weighted by Gasteiger charge is 2.26. The van der Waals surface area contributed by atoms with Crippen LogP contribution in [0.3, 0.4) is 0 Å². The maximum atomic E-state index is 14.5. The molecule has 14 heteroatoms. The van der Waals surface area contributed by atoms with Crippen molar-refractivity contribution in [3.63, 3.8) is 0 Å². The number of anilines is 2. The first-order chi connectivity index (χ1) is 23.3. The number of imide groups is 1. The Morgan fingerprint density at radius 1 is 0.979 bits per heavy atom. The lowest BCUT2D eigenvalue weighted by Gasteiger charge is -2.18. The van der Waals surface area contributed by atoms with E-state index >= 15 is 0 Å². The molecule has 0 aliphatic carbocycles. The molecular weight excluding hydrogens is 643 g/mol. The minimum absolute atomic E-state index is 0.0266. The van der Waals surface area contributed by atoms with Gasteiger partial charge in [0.2, 0.25) is 5.91 Å². The van der Waals surface area contributed by atoms with Crippen molar-refractivity contribution in [2.75, 3.05) is 25.6 Å². The number of aromatic nitrogens is 2. The number of amides is 4. The molecule has 0 bridgehead atoms. The van der Waals surface area contributed by atoms with Gasteiger partial charge in [-0.1, -0.05) is 41.9 Å². The zero-order valence-corrected chi connectivity index (χ0v) is 26.2. The number of urea groups is 1. The summed E-state index contributed by atoms with van der Waals surface area (Å²) >= 11 is 5.92. The molecule has 0 radical (unpaired) electrons. The van der Waals surface area contributed by atoms with E-state index < -0.39 is 17.8 Å². The second-order valence-corrected chi connectivity index (χ2v) is 10.9. The van der Waals surface area contributed by atoms with Crippen molar-refractivity contribution < 1.29 is 33.0 Å². The summed E-state index contributed by atoms with van der Waals surface area (Å²) in [6.07, 6.45) is 1.44. The van der Waals surface area contributed by atoms with Crippen LogP contribution in [0.2, 0.25) is 5.02 Å². The summed E-state index contributed by atoms with van der Waals surface area (Å²) in [5, 5.41) is 11.3. The fraction of sp³-hybridized carbons (Fsp3) is 0.147. The van der Waals surface area contributed by atoms with Gasteiger partial charge < -0.3 is 30.2 Å². The third-order valence-electron chi connectivity index (χ3n) is 7.29. The van der Waals surface area contributed by atoms with E-state index in [0.717, 1.165) is 5.56 Å². The van der Waals surface area contributed by atoms with Crippen LogP contribution in [0.4, 0.5) is 20.7 Å². The van der Waals surface area contributed by atoms with Crippen LogP contribution in [0.25, 0.3) is 10.9 Å². The molecule has 1 aromatic heterocycles. The molecule has 4 N–H and O–H groups in total. The van der Waals surface area contributed by atoms with Crippen LogP contribution in [0.5, 0.6) is 23.0 Å². The van der Waals surface area contributed by atoms with Crippen LogP contribution in [-0.2, 0) is 17.8 Å². The van der Waals surface area contributed by atoms with Gasteiger partial charge in [-0.3, -0.25) is 14.9 Å². The molecule has 0 spiro atoms. The van der Waals surface area contributed by atoms with Gasteiger partial charge in [-0.25, -0.2) is 19.2 Å². The number of fused-ring (bicyclic) bond motifs is 2. The summed E-state index contributed by atoms with van der Waals surface area (Å²) in [6.45, 7) is 0.482. The quantitative estimate of drug-likeness (QED) is 0.103. The Hall–Kier alpha value is -5.95. The molecule has 12 nitrogen and oxygen atoms in total. The molecule has 1 aliphatic heterocycles. The van der Waals surface area contributed by atoms with Crippen molar-refractivity contribution >= 4 is 51.9 Å². The zero-order chi connectivity index (χ0) is 33.6. The van der Waals surface area contributed by atoms with Crippen LogP contribution < -0.4 is 35.5 Å². The molecule has 5 aromatic rings. The number of carbonyl (C=O) groups is 3. The van der Waals surface area contributed by atoms with E-state index in [1.807, 2.05) is 6.07 Å². The van der Waals surface area contributed by atoms with Crippen molar-refractivity contribution in [3.05, 3.63) is 107 Å². The number of benzene rings is 4. The van der Waals surface area contributed by atoms with Gasteiger partial charge in [-0.2, -0.15) is 0 Å². The Balaban J connectivity index is 1.03. The molecule has 1 aliphatic rings. The number of carbonyl (C=O) groups excluding carboxylic acids is 3. The number of nitrogens with one attached hydrogen (secondary N) is 4. The molecule has 0 unspecified atom stereocenters. The highest BCUT2D eigenvalue weighted by atomic mass is 35.5. The van der Waals surface area contributed by atoms with Crippen LogP contribution in [0.1, 0.15) is 21.5 Å². The number of ether oxygens (including phenoxy) is 3. The monoisotopic (exact) mass is 670 g/mol. The van der Waals surface area contributed by atoms with Gasteiger partial charge in [-0.15, -0.1) is 0 Å². The lowest BCUT2D eigenvalue weighted by Crippen LogP contribution is -2.37. The highest BCUT2D eigenvalue weighted by molar-refractivity contribution is 6.31. The standard InChI is InChI=1S/C34H28ClFN6O6/c1-46-27-16-25-22(32(40-18-39-25)41-24-9-4-8-23(35)31(24)36)15-28(27)47-12-11-37-34(45)38-17-19-5-2-7-21(13-19)48-26-10-3-6-20-14-29(43)42-33(44)30(20)26/h2-10,13,15-16,18H,11-12,14,17H2,1H3,(H2,37,38,45)(H,39,40,41)(H,42,43,44). The van der Waals surface area contributed by atoms with Crippen LogP contribution in [0.15, 0.2) is 79.1 Å². The average Bonchev–Trinajstić information content (AvgIpc) is 3.07. The normalized spacial score (nSPS) is 12.1. The molecule has 0 fully saturated rings. The van der Waals surface area contributed by atoms with Crippen molar-refractivity contribution in [2.24, 2.45) is 0 Å². The maximum absolute atomic E-state index is 14.5. The number of rotatable bonds is 11. The molecule has 2 heterocycles. The Kier molecular flexibility index (Phi) is 9.48. The topological polar surface area (TPSA) is 153 Å². The number of nitrogens with zero attached hydrogens (tertiary/aromatic N) is 2. The summed E-state index contributed by atoms with van der Waals surface area (Å²) in [7, 11) is 1.49. The van der Waals surface area contributed by atoms with Gasteiger partial charge in [0.25, 0.3) is 5.91 Å². The van der Waals surface area contributed by atoms with E-state index in [9.17, 15) is 18.8 Å². The minimum Gasteiger partial charge on any atom is -0.493 e. The third-order valence-corrected chi connectivity index (χ3v) is 7.59. The van der Waals surface area contributed by atoms with E-state index in [2.05, 4.69) is 31.2 Å². The van der Waals surface area contributed by atoms with Gasteiger partial charge >= 0.3 is 6.03 Å². The molecule has 6 rings (SSSR count). The summed E-state index contributed by atoms with van der Waals surface area (Å²) in [5.74, 6) is 0.450. The van der Waals surface area contributed by atoms with Crippen molar-refractivity contribution in [1.29, 1.82) is 0 Å². The van der Waals surface area contributed by atoms with Crippen LogP contribution in [-0.4, -0.2) is 48.1 Å². The largest absolute Gasteiger partial charge is 0.493 e. The molecule has 4 aromatic carbocycles. The van der Waals surface area contributed by atoms with Gasteiger partial charge in [0.1, 0.15) is 30.3 Å². The Bertz CT molecular complexity index is 2040. The minimum atomic E-state index is -0.609. The van der Waals surface area contributed by atoms with Gasteiger partial charge in [0, 0.05) is 18.0 Å². The number of hydrogen-bond acceptors (Lipinski definition) is 9. The molecule has 48 heavy (non-hydrogen) atoms. The Morgan fingerprint density at radius 2 is 1.81 bits per heavy atom. The zero-order valence-electron chi connectivity index (χ0n) is 25.4. The highest BCUT2D eigenvalue weighted by Crippen LogP contribution is 2.35. The first-order valence-electron chi connectivity index (χ1n) is 14.7. The van der Waals surface area contributed by atoms with Gasteiger partial charge in [0.05, 0.1) is 41.9 Å². The summed E-state index contributed by atoms with van der Waals surface area (Å²) in [5.41, 5.74) is 2.37. The predicted molar refractivity (Wildman–Crippen MR) is 176 cm³/mol. The second kappa shape index (κ2) is 14.2. The van der Waals surface area contributed by atoms with Gasteiger partial charge in [-0.05, 0) is 47.5 Å². The summed E-state index contributed by atoms with van der Waals surface area (Å²) in [4.78, 5) is 45.2. The molecular formula is C34H28ClFN6O6. The average molecular weight is 671 g/mol. The van der Waals surface area contributed by atoms with Crippen LogP contribution >= 0.6 is 11.6 Å². The van der Waals surface area contributed by atoms with Crippen molar-refractivity contribution in [3.8, 4) is 23.0 Å². The van der Waals surface area contributed by atoms with E-state index in [4.69, 9.17) is 25.8 Å². The molecule has 244 valence electrons. The van der Waals surface area contributed by atoms with Crippen molar-refractivity contribution in [2.45, 2.75) is 13.0 Å². The fourth-order valence-electron chi connectivity index (χ4n) is 5.05. The number of halogens is 2. The summed E-state index contributed by atoms with van der Waals surface area (Å²) < 4.78 is 31.9. The SMILES string of the molecule is COc1cc2ncnc(Nc3cccc(Cl)c3F)c2cc1OCCNC(=O)NCc1cccc(Oc2cccc3c2C(=O)NC(=O)C3)c1. The number of methoxy groups -OCH3 is 1. The van der Waals surface area contributed by atoms with E-state index in [-0.39, 0.29) is 42.7 Å².